The third-order valence-electron chi connectivity index (χ3n) is 3.51. The maximum Gasteiger partial charge on any atom is 0.159 e. The molecule has 3 rings (SSSR count). The van der Waals surface area contributed by atoms with E-state index >= 15 is 0 Å². The zero-order chi connectivity index (χ0) is 13.2. The predicted octanol–water partition coefficient (Wildman–Crippen LogP) is 1.30. The average molecular weight is 259 g/mol. The van der Waals surface area contributed by atoms with E-state index in [2.05, 4.69) is 20.3 Å². The van der Waals surface area contributed by atoms with Crippen LogP contribution in [-0.2, 0) is 0 Å². The molecule has 2 heterocycles. The molecule has 2 aromatic rings. The van der Waals surface area contributed by atoms with Gasteiger partial charge in [-0.05, 0) is 26.2 Å². The largest absolute Gasteiger partial charge is 0.391 e. The summed E-state index contributed by atoms with van der Waals surface area (Å²) in [5.74, 6) is 2.29. The van der Waals surface area contributed by atoms with E-state index in [0.717, 1.165) is 30.9 Å². The standard InChI is InChI=1S/C13H17N5O/c1-9-15-5-6-18(9)13-8-14-7-12(17-13)16-10-3-2-4-11(10)19/h5-8,10-11,19H,2-4H2,1H3,(H,16,17)/t10-,11+/m1/s1. The number of hydrogen-bond acceptors (Lipinski definition) is 5. The van der Waals surface area contributed by atoms with Crippen molar-refractivity contribution in [3.05, 3.63) is 30.6 Å². The Kier molecular flexibility index (Phi) is 3.16. The SMILES string of the molecule is Cc1nccn1-c1cncc(N[C@@H]2CCC[C@@H]2O)n1. The summed E-state index contributed by atoms with van der Waals surface area (Å²) in [7, 11) is 0. The highest BCUT2D eigenvalue weighted by Crippen LogP contribution is 2.22. The van der Waals surface area contributed by atoms with Crippen molar-refractivity contribution >= 4 is 5.82 Å². The number of aryl methyl sites for hydroxylation is 1. The van der Waals surface area contributed by atoms with Crippen molar-refractivity contribution in [1.29, 1.82) is 0 Å². The Morgan fingerprint density at radius 3 is 2.95 bits per heavy atom. The van der Waals surface area contributed by atoms with E-state index in [-0.39, 0.29) is 12.1 Å². The highest BCUT2D eigenvalue weighted by molar-refractivity contribution is 5.38. The first-order valence-electron chi connectivity index (χ1n) is 6.51. The molecule has 0 aliphatic heterocycles. The molecule has 0 aromatic carbocycles. The fourth-order valence-electron chi connectivity index (χ4n) is 2.46. The van der Waals surface area contributed by atoms with Crippen LogP contribution in [0.2, 0.25) is 0 Å². The number of nitrogens with one attached hydrogen (secondary N) is 1. The minimum atomic E-state index is -0.291. The molecular weight excluding hydrogens is 242 g/mol. The van der Waals surface area contributed by atoms with Crippen molar-refractivity contribution in [2.75, 3.05) is 5.32 Å². The minimum Gasteiger partial charge on any atom is -0.391 e. The fraction of sp³-hybridized carbons (Fsp3) is 0.462. The van der Waals surface area contributed by atoms with Crippen LogP contribution in [0.5, 0.6) is 0 Å². The number of rotatable bonds is 3. The smallest absolute Gasteiger partial charge is 0.159 e. The molecule has 100 valence electrons. The maximum absolute atomic E-state index is 9.82. The van der Waals surface area contributed by atoms with Gasteiger partial charge in [0.05, 0.1) is 24.5 Å². The first kappa shape index (κ1) is 12.1. The topological polar surface area (TPSA) is 75.9 Å². The molecule has 1 aliphatic carbocycles. The van der Waals surface area contributed by atoms with E-state index in [1.54, 1.807) is 18.6 Å². The van der Waals surface area contributed by atoms with E-state index in [1.807, 2.05) is 17.7 Å². The van der Waals surface area contributed by atoms with Gasteiger partial charge in [0.25, 0.3) is 0 Å². The lowest BCUT2D eigenvalue weighted by Gasteiger charge is -2.17. The van der Waals surface area contributed by atoms with Crippen molar-refractivity contribution in [2.24, 2.45) is 0 Å². The Morgan fingerprint density at radius 2 is 2.26 bits per heavy atom. The molecule has 0 unspecified atom stereocenters. The number of aliphatic hydroxyl groups excluding tert-OH is 1. The van der Waals surface area contributed by atoms with Crippen LogP contribution in [0.15, 0.2) is 24.8 Å². The molecule has 1 aliphatic rings. The summed E-state index contributed by atoms with van der Waals surface area (Å²) in [5, 5.41) is 13.1. The second-order valence-corrected chi connectivity index (χ2v) is 4.86. The summed E-state index contributed by atoms with van der Waals surface area (Å²) in [5.41, 5.74) is 0. The van der Waals surface area contributed by atoms with Crippen LogP contribution in [0.4, 0.5) is 5.82 Å². The molecule has 6 nitrogen and oxygen atoms in total. The van der Waals surface area contributed by atoms with Gasteiger partial charge in [0.1, 0.15) is 11.6 Å². The van der Waals surface area contributed by atoms with Crippen molar-refractivity contribution in [3.63, 3.8) is 0 Å². The van der Waals surface area contributed by atoms with Gasteiger partial charge in [-0.25, -0.2) is 9.97 Å². The summed E-state index contributed by atoms with van der Waals surface area (Å²) in [6.07, 6.45) is 9.55. The lowest BCUT2D eigenvalue weighted by Crippen LogP contribution is -2.28. The normalized spacial score (nSPS) is 22.6. The molecule has 0 radical (unpaired) electrons. The molecule has 1 saturated carbocycles. The summed E-state index contributed by atoms with van der Waals surface area (Å²) < 4.78 is 1.88. The molecule has 2 aromatic heterocycles. The third-order valence-corrected chi connectivity index (χ3v) is 3.51. The van der Waals surface area contributed by atoms with Crippen molar-refractivity contribution < 1.29 is 5.11 Å². The van der Waals surface area contributed by atoms with Gasteiger partial charge in [0.15, 0.2) is 5.82 Å². The van der Waals surface area contributed by atoms with Crippen LogP contribution in [0.1, 0.15) is 25.1 Å². The van der Waals surface area contributed by atoms with Gasteiger partial charge in [0, 0.05) is 12.4 Å². The van der Waals surface area contributed by atoms with Gasteiger partial charge in [-0.15, -0.1) is 0 Å². The Balaban J connectivity index is 1.82. The molecule has 0 spiro atoms. The first-order valence-corrected chi connectivity index (χ1v) is 6.51. The van der Waals surface area contributed by atoms with Gasteiger partial charge >= 0.3 is 0 Å². The minimum absolute atomic E-state index is 0.0773. The van der Waals surface area contributed by atoms with E-state index < -0.39 is 0 Å². The van der Waals surface area contributed by atoms with Crippen molar-refractivity contribution in [1.82, 2.24) is 19.5 Å². The van der Waals surface area contributed by atoms with Crippen LogP contribution in [0.3, 0.4) is 0 Å². The fourth-order valence-corrected chi connectivity index (χ4v) is 2.46. The van der Waals surface area contributed by atoms with Gasteiger partial charge < -0.3 is 10.4 Å². The van der Waals surface area contributed by atoms with Gasteiger partial charge in [-0.1, -0.05) is 0 Å². The number of nitrogens with zero attached hydrogens (tertiary/aromatic N) is 4. The zero-order valence-corrected chi connectivity index (χ0v) is 10.8. The first-order chi connectivity index (χ1) is 9.24. The maximum atomic E-state index is 9.82. The molecule has 1 fully saturated rings. The predicted molar refractivity (Wildman–Crippen MR) is 71.2 cm³/mol. The molecule has 6 heteroatoms. The molecule has 2 atom stereocenters. The zero-order valence-electron chi connectivity index (χ0n) is 10.8. The highest BCUT2D eigenvalue weighted by atomic mass is 16.3. The van der Waals surface area contributed by atoms with Crippen molar-refractivity contribution in [3.8, 4) is 5.82 Å². The monoisotopic (exact) mass is 259 g/mol. The molecular formula is C13H17N5O. The van der Waals surface area contributed by atoms with Gasteiger partial charge in [-0.3, -0.25) is 9.55 Å². The number of anilines is 1. The van der Waals surface area contributed by atoms with E-state index in [9.17, 15) is 5.11 Å². The lowest BCUT2D eigenvalue weighted by molar-refractivity contribution is 0.171. The Labute approximate surface area is 111 Å². The molecule has 0 bridgehead atoms. The second kappa shape index (κ2) is 4.97. The number of aliphatic hydroxyl groups is 1. The summed E-state index contributed by atoms with van der Waals surface area (Å²) in [4.78, 5) is 12.9. The number of hydrogen-bond donors (Lipinski definition) is 2. The van der Waals surface area contributed by atoms with Crippen LogP contribution in [-0.4, -0.2) is 36.8 Å². The Hall–Kier alpha value is -1.95. The van der Waals surface area contributed by atoms with E-state index in [1.165, 1.54) is 0 Å². The molecule has 2 N–H and O–H groups in total. The van der Waals surface area contributed by atoms with Gasteiger partial charge in [-0.2, -0.15) is 0 Å². The van der Waals surface area contributed by atoms with Crippen LogP contribution in [0, 0.1) is 6.92 Å². The molecule has 19 heavy (non-hydrogen) atoms. The molecule has 0 saturated heterocycles. The average Bonchev–Trinajstić information content (AvgIpc) is 3.00. The number of aromatic nitrogens is 4. The van der Waals surface area contributed by atoms with E-state index in [4.69, 9.17) is 0 Å². The van der Waals surface area contributed by atoms with Crippen molar-refractivity contribution in [2.45, 2.75) is 38.3 Å². The summed E-state index contributed by atoms with van der Waals surface area (Å²) in [6, 6.07) is 0.0773. The van der Waals surface area contributed by atoms with Crippen LogP contribution in [0.25, 0.3) is 5.82 Å². The third kappa shape index (κ3) is 2.44. The van der Waals surface area contributed by atoms with Gasteiger partial charge in [0.2, 0.25) is 0 Å². The second-order valence-electron chi connectivity index (χ2n) is 4.86. The van der Waals surface area contributed by atoms with Crippen LogP contribution < -0.4 is 5.32 Å². The summed E-state index contributed by atoms with van der Waals surface area (Å²) >= 11 is 0. The number of imidazole rings is 1. The van der Waals surface area contributed by atoms with Crippen LogP contribution >= 0.6 is 0 Å². The molecule has 0 amide bonds. The Morgan fingerprint density at radius 1 is 1.37 bits per heavy atom. The lowest BCUT2D eigenvalue weighted by atomic mass is 10.2. The highest BCUT2D eigenvalue weighted by Gasteiger charge is 2.25. The Bertz CT molecular complexity index is 568. The quantitative estimate of drug-likeness (QED) is 0.868. The summed E-state index contributed by atoms with van der Waals surface area (Å²) in [6.45, 7) is 1.92. The van der Waals surface area contributed by atoms with E-state index in [0.29, 0.717) is 5.82 Å².